The van der Waals surface area contributed by atoms with Gasteiger partial charge in [-0.2, -0.15) is 0 Å². The van der Waals surface area contributed by atoms with E-state index >= 15 is 0 Å². The zero-order valence-electron chi connectivity index (χ0n) is 18.9. The molecule has 0 spiro atoms. The summed E-state index contributed by atoms with van der Waals surface area (Å²) in [6.45, 7) is 12.0. The van der Waals surface area contributed by atoms with E-state index in [1.807, 2.05) is 18.7 Å². The highest BCUT2D eigenvalue weighted by Gasteiger charge is 2.34. The number of rotatable bonds is 6. The van der Waals surface area contributed by atoms with Crippen LogP contribution < -0.4 is 0 Å². The summed E-state index contributed by atoms with van der Waals surface area (Å²) in [5.41, 5.74) is 3.75. The van der Waals surface area contributed by atoms with E-state index in [9.17, 15) is 9.59 Å². The average Bonchev–Trinajstić information content (AvgIpc) is 3.20. The molecule has 0 fully saturated rings. The number of benzene rings is 1. The molecule has 30 heavy (non-hydrogen) atoms. The lowest BCUT2D eigenvalue weighted by Gasteiger charge is -2.38. The van der Waals surface area contributed by atoms with Crippen molar-refractivity contribution < 1.29 is 9.59 Å². The third-order valence-electron chi connectivity index (χ3n) is 5.85. The summed E-state index contributed by atoms with van der Waals surface area (Å²) in [6.07, 6.45) is 2.16. The van der Waals surface area contributed by atoms with Gasteiger partial charge >= 0.3 is 0 Å². The van der Waals surface area contributed by atoms with Crippen molar-refractivity contribution >= 4 is 23.2 Å². The molecule has 162 valence electrons. The molecule has 0 aliphatic carbocycles. The molecule has 5 heteroatoms. The summed E-state index contributed by atoms with van der Waals surface area (Å²) in [6, 6.07) is 10.8. The lowest BCUT2D eigenvalue weighted by Crippen LogP contribution is -2.46. The summed E-state index contributed by atoms with van der Waals surface area (Å²) >= 11 is 1.77. The summed E-state index contributed by atoms with van der Waals surface area (Å²) < 4.78 is 0. The van der Waals surface area contributed by atoms with Gasteiger partial charge in [-0.05, 0) is 46.4 Å². The number of carbonyl (C=O) groups is 2. The lowest BCUT2D eigenvalue weighted by molar-refractivity contribution is -0.141. The Morgan fingerprint density at radius 1 is 1.13 bits per heavy atom. The highest BCUT2D eigenvalue weighted by Crippen LogP contribution is 2.38. The first kappa shape index (κ1) is 22.5. The van der Waals surface area contributed by atoms with Gasteiger partial charge in [0, 0.05) is 24.4 Å². The molecule has 1 aromatic heterocycles. The summed E-state index contributed by atoms with van der Waals surface area (Å²) in [4.78, 5) is 30.8. The maximum Gasteiger partial charge on any atom is 0.242 e. The Morgan fingerprint density at radius 3 is 2.43 bits per heavy atom. The molecule has 0 unspecified atom stereocenters. The van der Waals surface area contributed by atoms with Gasteiger partial charge in [-0.3, -0.25) is 9.59 Å². The topological polar surface area (TPSA) is 40.6 Å². The third kappa shape index (κ3) is 4.77. The van der Waals surface area contributed by atoms with Crippen molar-refractivity contribution in [1.82, 2.24) is 9.80 Å². The first-order chi connectivity index (χ1) is 14.3. The molecule has 0 saturated carbocycles. The normalized spacial score (nSPS) is 16.3. The number of nitrogens with zero attached hydrogens (tertiary/aromatic N) is 2. The van der Waals surface area contributed by atoms with Crippen LogP contribution in [0.15, 0.2) is 35.7 Å². The van der Waals surface area contributed by atoms with Crippen molar-refractivity contribution in [3.05, 3.63) is 57.3 Å². The van der Waals surface area contributed by atoms with E-state index in [1.165, 1.54) is 16.0 Å². The van der Waals surface area contributed by atoms with Gasteiger partial charge in [-0.25, -0.2) is 0 Å². The zero-order chi connectivity index (χ0) is 21.9. The van der Waals surface area contributed by atoms with E-state index in [1.54, 1.807) is 16.2 Å². The molecule has 2 amide bonds. The van der Waals surface area contributed by atoms with Crippen LogP contribution in [0.1, 0.15) is 75.1 Å². The fourth-order valence-electron chi connectivity index (χ4n) is 4.15. The van der Waals surface area contributed by atoms with Crippen LogP contribution in [0, 0.1) is 0 Å². The van der Waals surface area contributed by atoms with Crippen molar-refractivity contribution in [1.29, 1.82) is 0 Å². The van der Waals surface area contributed by atoms with Crippen LogP contribution in [0.3, 0.4) is 0 Å². The standard InChI is InChI=1S/C25H34N2O2S/c1-6-14-26(22(28)7-2)17-23(29)27-15-12-21-20(13-16-30-21)24(27)18-8-10-19(11-9-18)25(3,4)5/h8-11,13,16,24H,6-7,12,14-15,17H2,1-5H3/t24-/m1/s1. The van der Waals surface area contributed by atoms with Gasteiger partial charge in [0.2, 0.25) is 11.8 Å². The van der Waals surface area contributed by atoms with Gasteiger partial charge in [0.15, 0.2) is 0 Å². The number of hydrogen-bond donors (Lipinski definition) is 0. The molecule has 0 radical (unpaired) electrons. The minimum absolute atomic E-state index is 0.0343. The van der Waals surface area contributed by atoms with Crippen molar-refractivity contribution in [3.63, 3.8) is 0 Å². The van der Waals surface area contributed by atoms with Gasteiger partial charge in [-0.15, -0.1) is 11.3 Å². The summed E-state index contributed by atoms with van der Waals surface area (Å²) in [5, 5.41) is 2.12. The van der Waals surface area contributed by atoms with Crippen molar-refractivity contribution in [2.75, 3.05) is 19.6 Å². The second-order valence-corrected chi connectivity index (χ2v) is 10.1. The predicted octanol–water partition coefficient (Wildman–Crippen LogP) is 5.17. The lowest BCUT2D eigenvalue weighted by atomic mass is 9.85. The first-order valence-corrected chi connectivity index (χ1v) is 11.9. The molecular formula is C25H34N2O2S. The van der Waals surface area contributed by atoms with E-state index in [2.05, 4.69) is 56.5 Å². The van der Waals surface area contributed by atoms with Crippen LogP contribution in [0.25, 0.3) is 0 Å². The highest BCUT2D eigenvalue weighted by atomic mass is 32.1. The highest BCUT2D eigenvalue weighted by molar-refractivity contribution is 7.10. The number of carbonyl (C=O) groups excluding carboxylic acids is 2. The minimum atomic E-state index is -0.0817. The first-order valence-electron chi connectivity index (χ1n) is 11.0. The number of hydrogen-bond acceptors (Lipinski definition) is 3. The SMILES string of the molecule is CCCN(CC(=O)N1CCc2sccc2[C@H]1c1ccc(C(C)(C)C)cc1)C(=O)CC. The molecule has 1 aliphatic rings. The van der Waals surface area contributed by atoms with E-state index in [-0.39, 0.29) is 29.8 Å². The fourth-order valence-corrected chi connectivity index (χ4v) is 5.05. The van der Waals surface area contributed by atoms with Crippen LogP contribution in [0.4, 0.5) is 0 Å². The Balaban J connectivity index is 1.91. The van der Waals surface area contributed by atoms with Gasteiger partial charge in [0.1, 0.15) is 0 Å². The van der Waals surface area contributed by atoms with Crippen molar-refractivity contribution in [2.45, 2.75) is 65.3 Å². The summed E-state index contributed by atoms with van der Waals surface area (Å²) in [7, 11) is 0. The second kappa shape index (κ2) is 9.34. The fraction of sp³-hybridized carbons (Fsp3) is 0.520. The molecule has 2 heterocycles. The molecule has 1 aliphatic heterocycles. The molecule has 0 bridgehead atoms. The Labute approximate surface area is 184 Å². The van der Waals surface area contributed by atoms with Crippen molar-refractivity contribution in [3.8, 4) is 0 Å². The quantitative estimate of drug-likeness (QED) is 0.639. The molecule has 1 aromatic carbocycles. The largest absolute Gasteiger partial charge is 0.333 e. The van der Waals surface area contributed by atoms with E-state index in [0.29, 0.717) is 19.5 Å². The van der Waals surface area contributed by atoms with Gasteiger partial charge < -0.3 is 9.80 Å². The third-order valence-corrected chi connectivity index (χ3v) is 6.85. The average molecular weight is 427 g/mol. The molecule has 0 saturated heterocycles. The number of amides is 2. The Morgan fingerprint density at radius 2 is 1.83 bits per heavy atom. The smallest absolute Gasteiger partial charge is 0.242 e. The molecule has 2 aromatic rings. The van der Waals surface area contributed by atoms with Gasteiger partial charge in [-0.1, -0.05) is 58.9 Å². The monoisotopic (exact) mass is 426 g/mol. The molecular weight excluding hydrogens is 392 g/mol. The predicted molar refractivity (Wildman–Crippen MR) is 124 cm³/mol. The zero-order valence-corrected chi connectivity index (χ0v) is 19.7. The maximum absolute atomic E-state index is 13.4. The van der Waals surface area contributed by atoms with E-state index < -0.39 is 0 Å². The van der Waals surface area contributed by atoms with Crippen LogP contribution in [0.2, 0.25) is 0 Å². The van der Waals surface area contributed by atoms with Crippen LogP contribution in [-0.4, -0.2) is 41.2 Å². The van der Waals surface area contributed by atoms with Crippen LogP contribution >= 0.6 is 11.3 Å². The minimum Gasteiger partial charge on any atom is -0.333 e. The van der Waals surface area contributed by atoms with Crippen LogP contribution in [-0.2, 0) is 21.4 Å². The Kier molecular flexibility index (Phi) is 7.02. The Hall–Kier alpha value is -2.14. The molecule has 3 rings (SSSR count). The number of fused-ring (bicyclic) bond motifs is 1. The van der Waals surface area contributed by atoms with Crippen molar-refractivity contribution in [2.24, 2.45) is 0 Å². The van der Waals surface area contributed by atoms with E-state index in [4.69, 9.17) is 0 Å². The van der Waals surface area contributed by atoms with Gasteiger partial charge in [0.05, 0.1) is 12.6 Å². The summed E-state index contributed by atoms with van der Waals surface area (Å²) in [5.74, 6) is 0.0801. The van der Waals surface area contributed by atoms with E-state index in [0.717, 1.165) is 18.4 Å². The molecule has 1 atom stereocenters. The van der Waals surface area contributed by atoms with Crippen LogP contribution in [0.5, 0.6) is 0 Å². The Bertz CT molecular complexity index is 879. The molecule has 0 N–H and O–H groups in total. The maximum atomic E-state index is 13.4. The molecule has 4 nitrogen and oxygen atoms in total. The second-order valence-electron chi connectivity index (χ2n) is 9.08. The number of thiophene rings is 1. The van der Waals surface area contributed by atoms with Gasteiger partial charge in [0.25, 0.3) is 0 Å².